The van der Waals surface area contributed by atoms with Crippen molar-refractivity contribution in [1.82, 2.24) is 0 Å². The van der Waals surface area contributed by atoms with Gasteiger partial charge in [-0.25, -0.2) is 0 Å². The fourth-order valence-electron chi connectivity index (χ4n) is 6.06. The highest BCUT2D eigenvalue weighted by Crippen LogP contribution is 2.53. The van der Waals surface area contributed by atoms with Gasteiger partial charge in [-0.05, 0) is 99.3 Å². The molecular formula is C31H34N2S. The maximum absolute atomic E-state index is 4.91. The van der Waals surface area contributed by atoms with Crippen LogP contribution in [0.4, 0.5) is 5.69 Å². The van der Waals surface area contributed by atoms with Crippen LogP contribution < -0.4 is 5.32 Å². The van der Waals surface area contributed by atoms with Gasteiger partial charge in [0, 0.05) is 27.1 Å². The molecule has 2 aliphatic heterocycles. The van der Waals surface area contributed by atoms with Gasteiger partial charge in [-0.15, -0.1) is 11.8 Å². The minimum absolute atomic E-state index is 0.0191. The topological polar surface area (TPSA) is 24.4 Å². The number of aliphatic imine (C=N–C) groups is 1. The number of allylic oxidation sites excluding steroid dienone is 11. The Morgan fingerprint density at radius 1 is 1.12 bits per heavy atom. The lowest BCUT2D eigenvalue weighted by Crippen LogP contribution is -2.20. The van der Waals surface area contributed by atoms with Crippen LogP contribution in [0, 0.1) is 5.41 Å². The number of nitrogens with one attached hydrogen (secondary N) is 1. The minimum atomic E-state index is -0.0191. The highest BCUT2D eigenvalue weighted by molar-refractivity contribution is 7.98. The molecule has 4 aliphatic rings. The molecule has 1 aromatic carbocycles. The van der Waals surface area contributed by atoms with Gasteiger partial charge in [0.1, 0.15) is 0 Å². The molecule has 0 saturated heterocycles. The predicted octanol–water partition coefficient (Wildman–Crippen LogP) is 8.45. The van der Waals surface area contributed by atoms with E-state index in [9.17, 15) is 0 Å². The maximum atomic E-state index is 4.91. The van der Waals surface area contributed by atoms with Crippen LogP contribution in [0.2, 0.25) is 0 Å². The molecule has 0 bridgehead atoms. The second-order valence-electron chi connectivity index (χ2n) is 10.2. The SMILES string of the molecule is C=CC1=C(C=C)C2(C)CC\C(=C/C=C(C)/C=C/C3=C4Nc5ccc(SC)cc5C4(C)CC3)C2=N1. The van der Waals surface area contributed by atoms with Gasteiger partial charge in [-0.2, -0.15) is 0 Å². The van der Waals surface area contributed by atoms with Crippen LogP contribution in [-0.4, -0.2) is 12.0 Å². The number of rotatable bonds is 6. The first-order valence-corrected chi connectivity index (χ1v) is 13.4. The number of thioether (sulfide) groups is 1. The molecule has 34 heavy (non-hydrogen) atoms. The van der Waals surface area contributed by atoms with Gasteiger partial charge in [0.15, 0.2) is 0 Å². The Morgan fingerprint density at radius 2 is 1.91 bits per heavy atom. The van der Waals surface area contributed by atoms with Crippen LogP contribution in [0.15, 0.2) is 111 Å². The first-order chi connectivity index (χ1) is 16.3. The van der Waals surface area contributed by atoms with Crippen molar-refractivity contribution in [1.29, 1.82) is 0 Å². The number of benzene rings is 1. The lowest BCUT2D eigenvalue weighted by atomic mass is 9.80. The number of hydrogen-bond acceptors (Lipinski definition) is 3. The quantitative estimate of drug-likeness (QED) is 0.336. The Morgan fingerprint density at radius 3 is 2.65 bits per heavy atom. The summed E-state index contributed by atoms with van der Waals surface area (Å²) in [7, 11) is 0. The van der Waals surface area contributed by atoms with Crippen molar-refractivity contribution < 1.29 is 0 Å². The molecule has 0 amide bonds. The zero-order chi connectivity index (χ0) is 24.1. The average molecular weight is 467 g/mol. The third kappa shape index (κ3) is 3.44. The van der Waals surface area contributed by atoms with Gasteiger partial charge in [0.25, 0.3) is 0 Å². The second-order valence-corrected chi connectivity index (χ2v) is 11.1. The largest absolute Gasteiger partial charge is 0.358 e. The Kier molecular flexibility index (Phi) is 5.72. The van der Waals surface area contributed by atoms with Crippen LogP contribution >= 0.6 is 11.8 Å². The molecule has 1 N–H and O–H groups in total. The van der Waals surface area contributed by atoms with E-state index >= 15 is 0 Å². The molecule has 2 unspecified atom stereocenters. The van der Waals surface area contributed by atoms with E-state index in [0.717, 1.165) is 31.4 Å². The molecule has 2 atom stereocenters. The molecule has 1 aromatic rings. The summed E-state index contributed by atoms with van der Waals surface area (Å²) in [6.45, 7) is 14.8. The Bertz CT molecular complexity index is 1280. The summed E-state index contributed by atoms with van der Waals surface area (Å²) in [6.07, 6.45) is 19.5. The van der Waals surface area contributed by atoms with E-state index in [2.05, 4.69) is 88.0 Å². The molecule has 0 aromatic heterocycles. The van der Waals surface area contributed by atoms with Crippen molar-refractivity contribution in [3.63, 3.8) is 0 Å². The molecule has 0 spiro atoms. The Balaban J connectivity index is 1.36. The van der Waals surface area contributed by atoms with Gasteiger partial charge in [-0.3, -0.25) is 4.99 Å². The standard InChI is InChI=1S/C31H34N2S/c1-7-24-26(8-2)32-28-21(15-17-30(24,28)4)11-9-20(3)10-12-22-16-18-31(5)25-19-23(34-6)13-14-27(25)33-29(22)31/h7-14,19,33H,1-2,15-18H2,3-6H3/b12-10+,20-9+,21-11+. The van der Waals surface area contributed by atoms with E-state index in [1.165, 1.54) is 49.8 Å². The summed E-state index contributed by atoms with van der Waals surface area (Å²) in [5.41, 5.74) is 11.6. The molecule has 1 fully saturated rings. The highest BCUT2D eigenvalue weighted by atomic mass is 32.2. The molecule has 2 nitrogen and oxygen atoms in total. The highest BCUT2D eigenvalue weighted by Gasteiger charge is 2.45. The van der Waals surface area contributed by atoms with Crippen LogP contribution in [0.3, 0.4) is 0 Å². The summed E-state index contributed by atoms with van der Waals surface area (Å²) in [4.78, 5) is 6.25. The van der Waals surface area contributed by atoms with Crippen molar-refractivity contribution in [2.45, 2.75) is 56.8 Å². The third-order valence-electron chi connectivity index (χ3n) is 8.16. The molecule has 174 valence electrons. The van der Waals surface area contributed by atoms with Gasteiger partial charge in [0.2, 0.25) is 0 Å². The van der Waals surface area contributed by atoms with Crippen LogP contribution in [0.5, 0.6) is 0 Å². The first-order valence-electron chi connectivity index (χ1n) is 12.2. The molecule has 1 saturated carbocycles. The minimum Gasteiger partial charge on any atom is -0.358 e. The van der Waals surface area contributed by atoms with Crippen molar-refractivity contribution >= 4 is 23.2 Å². The number of anilines is 1. The number of hydrogen-bond donors (Lipinski definition) is 1. The summed E-state index contributed by atoms with van der Waals surface area (Å²) in [5.74, 6) is 0. The Hall–Kier alpha value is -2.78. The maximum Gasteiger partial charge on any atom is 0.0668 e. The van der Waals surface area contributed by atoms with E-state index in [-0.39, 0.29) is 10.8 Å². The van der Waals surface area contributed by atoms with E-state index in [4.69, 9.17) is 4.99 Å². The third-order valence-corrected chi connectivity index (χ3v) is 8.89. The summed E-state index contributed by atoms with van der Waals surface area (Å²) in [5, 5.41) is 3.74. The zero-order valence-corrected chi connectivity index (χ0v) is 21.6. The van der Waals surface area contributed by atoms with E-state index in [1.54, 1.807) is 0 Å². The lowest BCUT2D eigenvalue weighted by molar-refractivity contribution is 0.564. The molecule has 2 heterocycles. The average Bonchev–Trinajstić information content (AvgIpc) is 3.50. The summed E-state index contributed by atoms with van der Waals surface area (Å²) < 4.78 is 0. The van der Waals surface area contributed by atoms with Crippen molar-refractivity contribution in [2.75, 3.05) is 11.6 Å². The summed E-state index contributed by atoms with van der Waals surface area (Å²) >= 11 is 1.82. The molecule has 3 heteroatoms. The molecular weight excluding hydrogens is 432 g/mol. The van der Waals surface area contributed by atoms with Crippen LogP contribution in [0.25, 0.3) is 0 Å². The van der Waals surface area contributed by atoms with E-state index < -0.39 is 0 Å². The monoisotopic (exact) mass is 466 g/mol. The van der Waals surface area contributed by atoms with Gasteiger partial charge in [0.05, 0.1) is 11.4 Å². The van der Waals surface area contributed by atoms with Gasteiger partial charge >= 0.3 is 0 Å². The van der Waals surface area contributed by atoms with Crippen LogP contribution in [0.1, 0.15) is 52.0 Å². The Labute approximate surface area is 208 Å². The smallest absolute Gasteiger partial charge is 0.0668 e. The van der Waals surface area contributed by atoms with Crippen molar-refractivity contribution in [3.05, 3.63) is 107 Å². The van der Waals surface area contributed by atoms with E-state index in [1.807, 2.05) is 23.9 Å². The van der Waals surface area contributed by atoms with E-state index in [0.29, 0.717) is 0 Å². The van der Waals surface area contributed by atoms with Gasteiger partial charge in [-0.1, -0.05) is 49.1 Å². The van der Waals surface area contributed by atoms with Crippen LogP contribution in [-0.2, 0) is 5.41 Å². The molecule has 2 aliphatic carbocycles. The number of fused-ring (bicyclic) bond motifs is 4. The summed E-state index contributed by atoms with van der Waals surface area (Å²) in [6, 6.07) is 6.82. The van der Waals surface area contributed by atoms with Crippen molar-refractivity contribution in [2.24, 2.45) is 10.4 Å². The van der Waals surface area contributed by atoms with Crippen molar-refractivity contribution in [3.8, 4) is 0 Å². The lowest BCUT2D eigenvalue weighted by Gasteiger charge is -2.21. The molecule has 0 radical (unpaired) electrons. The number of nitrogens with zero attached hydrogens (tertiary/aromatic N) is 1. The second kappa shape index (κ2) is 8.46. The fourth-order valence-corrected chi connectivity index (χ4v) is 6.50. The predicted molar refractivity (Wildman–Crippen MR) is 149 cm³/mol. The van der Waals surface area contributed by atoms with Gasteiger partial charge < -0.3 is 5.32 Å². The zero-order valence-electron chi connectivity index (χ0n) is 20.8. The molecule has 5 rings (SSSR count). The first kappa shape index (κ1) is 23.0. The normalized spacial score (nSPS) is 29.0. The fraction of sp³-hybridized carbons (Fsp3) is 0.323.